The summed E-state index contributed by atoms with van der Waals surface area (Å²) >= 11 is 0. The fourth-order valence-corrected chi connectivity index (χ4v) is 5.22. The lowest BCUT2D eigenvalue weighted by Crippen LogP contribution is -2.44. The highest BCUT2D eigenvalue weighted by molar-refractivity contribution is 7.89. The van der Waals surface area contributed by atoms with Gasteiger partial charge in [-0.3, -0.25) is 0 Å². The van der Waals surface area contributed by atoms with Crippen molar-refractivity contribution in [1.82, 2.24) is 19.2 Å². The summed E-state index contributed by atoms with van der Waals surface area (Å²) in [4.78, 5) is 22.3. The molecule has 0 N–H and O–H groups in total. The number of likely N-dealkylation sites (tertiary alicyclic amines) is 1. The number of amides is 1. The third-order valence-electron chi connectivity index (χ3n) is 5.94. The lowest BCUT2D eigenvalue weighted by molar-refractivity contribution is 0.0503. The molecule has 0 unspecified atom stereocenters. The first-order chi connectivity index (χ1) is 15.6. The van der Waals surface area contributed by atoms with E-state index in [1.54, 1.807) is 23.1 Å². The van der Waals surface area contributed by atoms with E-state index in [-0.39, 0.29) is 24.4 Å². The van der Waals surface area contributed by atoms with Gasteiger partial charge in [0.2, 0.25) is 21.8 Å². The van der Waals surface area contributed by atoms with Gasteiger partial charge in [-0.2, -0.15) is 0 Å². The third-order valence-corrected chi connectivity index (χ3v) is 8.22. The van der Waals surface area contributed by atoms with E-state index in [0.717, 1.165) is 5.56 Å². The van der Waals surface area contributed by atoms with Gasteiger partial charge in [-0.15, -0.1) is 0 Å². The SMILES string of the molecule is Cc1c(OC2CCN(C(=O)OC(C)C)CC2)ncnc1OC1CCN(S(=O)(=O)C(C)C)CC1. The average molecular weight is 485 g/mol. The maximum Gasteiger partial charge on any atom is 0.410 e. The van der Waals surface area contributed by atoms with Gasteiger partial charge in [-0.05, 0) is 47.5 Å². The Morgan fingerprint density at radius 3 is 1.88 bits per heavy atom. The van der Waals surface area contributed by atoms with Crippen molar-refractivity contribution in [2.24, 2.45) is 0 Å². The Bertz CT molecular complexity index is 907. The van der Waals surface area contributed by atoms with E-state index in [2.05, 4.69) is 9.97 Å². The van der Waals surface area contributed by atoms with Crippen molar-refractivity contribution in [1.29, 1.82) is 0 Å². The van der Waals surface area contributed by atoms with Crippen LogP contribution in [0.25, 0.3) is 0 Å². The van der Waals surface area contributed by atoms with E-state index in [1.165, 1.54) is 6.33 Å². The fourth-order valence-electron chi connectivity index (χ4n) is 3.91. The van der Waals surface area contributed by atoms with Crippen molar-refractivity contribution < 1.29 is 27.4 Å². The monoisotopic (exact) mass is 484 g/mol. The number of ether oxygens (including phenoxy) is 3. The van der Waals surface area contributed by atoms with Crippen molar-refractivity contribution in [3.05, 3.63) is 11.9 Å². The van der Waals surface area contributed by atoms with E-state index < -0.39 is 15.3 Å². The van der Waals surface area contributed by atoms with Crippen molar-refractivity contribution in [3.8, 4) is 11.8 Å². The van der Waals surface area contributed by atoms with Gasteiger partial charge >= 0.3 is 6.09 Å². The number of carbonyl (C=O) groups excluding carboxylic acids is 1. The molecule has 2 saturated heterocycles. The maximum absolute atomic E-state index is 12.4. The Hall–Kier alpha value is -2.14. The zero-order chi connectivity index (χ0) is 24.2. The molecule has 0 saturated carbocycles. The molecule has 186 valence electrons. The van der Waals surface area contributed by atoms with E-state index in [1.807, 2.05) is 20.8 Å². The summed E-state index contributed by atoms with van der Waals surface area (Å²) < 4.78 is 43.7. The normalized spacial score (nSPS) is 19.2. The van der Waals surface area contributed by atoms with Crippen LogP contribution in [-0.2, 0) is 14.8 Å². The smallest absolute Gasteiger partial charge is 0.410 e. The first-order valence-electron chi connectivity index (χ1n) is 11.7. The van der Waals surface area contributed by atoms with Gasteiger partial charge < -0.3 is 19.1 Å². The van der Waals surface area contributed by atoms with Gasteiger partial charge in [0, 0.05) is 39.0 Å². The molecule has 0 aromatic carbocycles. The minimum Gasteiger partial charge on any atom is -0.474 e. The molecule has 3 rings (SSSR count). The van der Waals surface area contributed by atoms with E-state index in [9.17, 15) is 13.2 Å². The van der Waals surface area contributed by atoms with E-state index in [4.69, 9.17) is 14.2 Å². The third kappa shape index (κ3) is 6.47. The summed E-state index contributed by atoms with van der Waals surface area (Å²) in [5.74, 6) is 0.936. The molecule has 0 atom stereocenters. The van der Waals surface area contributed by atoms with E-state index >= 15 is 0 Å². The number of aromatic nitrogens is 2. The number of nitrogens with zero attached hydrogens (tertiary/aromatic N) is 4. The Morgan fingerprint density at radius 2 is 1.42 bits per heavy atom. The van der Waals surface area contributed by atoms with Crippen LogP contribution in [0, 0.1) is 6.92 Å². The number of hydrogen-bond donors (Lipinski definition) is 0. The molecule has 0 radical (unpaired) electrons. The molecule has 11 heteroatoms. The predicted molar refractivity (Wildman–Crippen MR) is 123 cm³/mol. The van der Waals surface area contributed by atoms with Gasteiger partial charge in [0.05, 0.1) is 16.9 Å². The molecule has 2 fully saturated rings. The predicted octanol–water partition coefficient (Wildman–Crippen LogP) is 2.75. The van der Waals surface area contributed by atoms with Crippen molar-refractivity contribution in [2.75, 3.05) is 26.2 Å². The summed E-state index contributed by atoms with van der Waals surface area (Å²) in [5, 5.41) is -0.425. The summed E-state index contributed by atoms with van der Waals surface area (Å²) in [6.07, 6.45) is 3.42. The van der Waals surface area contributed by atoms with Gasteiger partial charge in [-0.1, -0.05) is 0 Å². The molecule has 1 aromatic rings. The number of piperidine rings is 2. The summed E-state index contributed by atoms with van der Waals surface area (Å²) in [5.41, 5.74) is 0.719. The highest BCUT2D eigenvalue weighted by atomic mass is 32.2. The number of hydrogen-bond acceptors (Lipinski definition) is 8. The quantitative estimate of drug-likeness (QED) is 0.581. The highest BCUT2D eigenvalue weighted by Gasteiger charge is 2.32. The second-order valence-corrected chi connectivity index (χ2v) is 11.6. The Balaban J connectivity index is 1.53. The van der Waals surface area contributed by atoms with E-state index in [0.29, 0.717) is 63.6 Å². The maximum atomic E-state index is 12.4. The topological polar surface area (TPSA) is 111 Å². The lowest BCUT2D eigenvalue weighted by atomic mass is 10.1. The minimum absolute atomic E-state index is 0.0565. The van der Waals surface area contributed by atoms with Gasteiger partial charge in [0.25, 0.3) is 0 Å². The average Bonchev–Trinajstić information content (AvgIpc) is 2.77. The Kier molecular flexibility index (Phi) is 8.38. The van der Waals surface area contributed by atoms with Crippen molar-refractivity contribution >= 4 is 16.1 Å². The molecule has 1 amide bonds. The second kappa shape index (κ2) is 10.9. The van der Waals surface area contributed by atoms with Gasteiger partial charge in [-0.25, -0.2) is 27.5 Å². The summed E-state index contributed by atoms with van der Waals surface area (Å²) in [7, 11) is -3.24. The Labute approximate surface area is 196 Å². The summed E-state index contributed by atoms with van der Waals surface area (Å²) in [6, 6.07) is 0. The molecular weight excluding hydrogens is 448 g/mol. The molecule has 0 bridgehead atoms. The largest absolute Gasteiger partial charge is 0.474 e. The molecule has 0 aliphatic carbocycles. The molecule has 3 heterocycles. The molecule has 10 nitrogen and oxygen atoms in total. The van der Waals surface area contributed by atoms with Crippen LogP contribution in [-0.4, -0.2) is 83.4 Å². The minimum atomic E-state index is -3.24. The standard InChI is InChI=1S/C22H36N4O6S/c1-15(2)30-22(27)25-10-6-18(7-11-25)31-20-17(5)21(24-14-23-20)32-19-8-12-26(13-9-19)33(28,29)16(3)4/h14-16,18-19H,6-13H2,1-5H3. The fraction of sp³-hybridized carbons (Fsp3) is 0.773. The zero-order valence-corrected chi connectivity index (χ0v) is 21.0. The van der Waals surface area contributed by atoms with Crippen LogP contribution >= 0.6 is 0 Å². The number of carbonyl (C=O) groups is 1. The number of sulfonamides is 1. The van der Waals surface area contributed by atoms with Crippen molar-refractivity contribution in [2.45, 2.75) is 83.9 Å². The lowest BCUT2D eigenvalue weighted by Gasteiger charge is -2.33. The number of rotatable bonds is 7. The van der Waals surface area contributed by atoms with Crippen molar-refractivity contribution in [3.63, 3.8) is 0 Å². The Morgan fingerprint density at radius 1 is 0.939 bits per heavy atom. The molecular formula is C22H36N4O6S. The van der Waals surface area contributed by atoms with Crippen LogP contribution in [0.2, 0.25) is 0 Å². The zero-order valence-electron chi connectivity index (χ0n) is 20.2. The molecule has 2 aliphatic heterocycles. The van der Waals surface area contributed by atoms with Crippen LogP contribution in [0.1, 0.15) is 58.9 Å². The second-order valence-electron chi connectivity index (χ2n) is 9.16. The first-order valence-corrected chi connectivity index (χ1v) is 13.2. The molecule has 0 spiro atoms. The molecule has 33 heavy (non-hydrogen) atoms. The molecule has 2 aliphatic rings. The molecule has 1 aromatic heterocycles. The van der Waals surface area contributed by atoms with Gasteiger partial charge in [0.1, 0.15) is 18.5 Å². The first kappa shape index (κ1) is 25.5. The van der Waals surface area contributed by atoms with Crippen LogP contribution < -0.4 is 9.47 Å². The summed E-state index contributed by atoms with van der Waals surface area (Å²) in [6.45, 7) is 11.0. The van der Waals surface area contributed by atoms with Crippen LogP contribution in [0.3, 0.4) is 0 Å². The highest BCUT2D eigenvalue weighted by Crippen LogP contribution is 2.28. The van der Waals surface area contributed by atoms with Crippen LogP contribution in [0.4, 0.5) is 4.79 Å². The van der Waals surface area contributed by atoms with Crippen LogP contribution in [0.5, 0.6) is 11.8 Å². The van der Waals surface area contributed by atoms with Gasteiger partial charge in [0.15, 0.2) is 0 Å². The van der Waals surface area contributed by atoms with Crippen LogP contribution in [0.15, 0.2) is 6.33 Å².